The number of hydrogen-bond acceptors (Lipinski definition) is 4. The van der Waals surface area contributed by atoms with Crippen molar-refractivity contribution in [3.63, 3.8) is 0 Å². The summed E-state index contributed by atoms with van der Waals surface area (Å²) in [6.07, 6.45) is -10.1. The van der Waals surface area contributed by atoms with Crippen molar-refractivity contribution in [3.05, 3.63) is 52.8 Å². The van der Waals surface area contributed by atoms with E-state index >= 15 is 0 Å². The number of carboxylic acids is 1. The van der Waals surface area contributed by atoms with Gasteiger partial charge in [-0.25, -0.2) is 9.18 Å². The number of ether oxygens (including phenoxy) is 1. The van der Waals surface area contributed by atoms with Gasteiger partial charge in [-0.1, -0.05) is 0 Å². The van der Waals surface area contributed by atoms with Gasteiger partial charge in [-0.3, -0.25) is 4.79 Å². The van der Waals surface area contributed by atoms with E-state index in [0.29, 0.717) is 6.07 Å². The Morgan fingerprint density at radius 3 is 2.18 bits per heavy atom. The fourth-order valence-corrected chi connectivity index (χ4v) is 2.17. The Hall–Kier alpha value is -3.31. The van der Waals surface area contributed by atoms with Gasteiger partial charge in [-0.2, -0.15) is 13.2 Å². The molecule has 2 aromatic rings. The van der Waals surface area contributed by atoms with Crippen LogP contribution in [0.1, 0.15) is 26.3 Å². The summed E-state index contributed by atoms with van der Waals surface area (Å²) in [6.45, 7) is 0. The third-order valence-electron chi connectivity index (χ3n) is 3.30. The number of nitrogens with one attached hydrogen (secondary N) is 1. The number of carbonyl (C=O) groups excluding carboxylic acids is 1. The molecule has 150 valence electrons. The predicted molar refractivity (Wildman–Crippen MR) is 80.2 cm³/mol. The van der Waals surface area contributed by atoms with Crippen LogP contribution in [0.4, 0.5) is 42.1 Å². The molecule has 12 heteroatoms. The van der Waals surface area contributed by atoms with Crippen LogP contribution >= 0.6 is 0 Å². The van der Waals surface area contributed by atoms with Crippen molar-refractivity contribution in [2.24, 2.45) is 0 Å². The summed E-state index contributed by atoms with van der Waals surface area (Å²) in [6, 6.07) is 2.55. The van der Waals surface area contributed by atoms with Crippen molar-refractivity contribution < 1.29 is 50.2 Å². The Labute approximate surface area is 151 Å². The van der Waals surface area contributed by atoms with Crippen LogP contribution in [0.3, 0.4) is 0 Å². The van der Waals surface area contributed by atoms with Gasteiger partial charge in [0.15, 0.2) is 6.29 Å². The lowest BCUT2D eigenvalue weighted by atomic mass is 10.1. The first-order valence-electron chi connectivity index (χ1n) is 7.08. The van der Waals surface area contributed by atoms with Crippen LogP contribution in [0.15, 0.2) is 30.3 Å². The van der Waals surface area contributed by atoms with Crippen molar-refractivity contribution in [1.82, 2.24) is 0 Å². The number of halogens is 7. The van der Waals surface area contributed by atoms with E-state index in [1.54, 1.807) is 0 Å². The van der Waals surface area contributed by atoms with Crippen molar-refractivity contribution in [2.45, 2.75) is 12.5 Å². The van der Waals surface area contributed by atoms with E-state index in [4.69, 9.17) is 5.11 Å². The molecule has 0 fully saturated rings. The number of carboxylic acid groups (broad SMARTS) is 1. The summed E-state index contributed by atoms with van der Waals surface area (Å²) < 4.78 is 92.5. The molecule has 0 saturated heterocycles. The summed E-state index contributed by atoms with van der Waals surface area (Å²) in [5.74, 6) is -4.39. The highest BCUT2D eigenvalue weighted by atomic mass is 19.4. The summed E-state index contributed by atoms with van der Waals surface area (Å²) in [5, 5.41) is 11.2. The number of hydrogen-bond donors (Lipinski definition) is 2. The first-order valence-corrected chi connectivity index (χ1v) is 7.08. The molecule has 28 heavy (non-hydrogen) atoms. The van der Waals surface area contributed by atoms with E-state index < -0.39 is 52.5 Å². The average molecular weight is 411 g/mol. The van der Waals surface area contributed by atoms with Crippen LogP contribution in [0.5, 0.6) is 5.75 Å². The summed E-state index contributed by atoms with van der Waals surface area (Å²) in [5.41, 5.74) is -4.20. The number of rotatable bonds is 5. The Balaban J connectivity index is 2.52. The van der Waals surface area contributed by atoms with Gasteiger partial charge >= 0.3 is 18.5 Å². The smallest absolute Gasteiger partial charge is 0.478 e. The molecule has 5 nitrogen and oxygen atoms in total. The topological polar surface area (TPSA) is 75.6 Å². The Morgan fingerprint density at radius 2 is 1.68 bits per heavy atom. The van der Waals surface area contributed by atoms with Crippen LogP contribution in [0.25, 0.3) is 0 Å². The Morgan fingerprint density at radius 1 is 1.04 bits per heavy atom. The first-order chi connectivity index (χ1) is 12.8. The normalized spacial score (nSPS) is 11.8. The molecule has 0 aliphatic heterocycles. The molecule has 0 spiro atoms. The molecule has 0 heterocycles. The first kappa shape index (κ1) is 21.0. The van der Waals surface area contributed by atoms with Gasteiger partial charge in [-0.15, -0.1) is 13.2 Å². The molecular weight excluding hydrogens is 403 g/mol. The zero-order chi connectivity index (χ0) is 21.3. The molecule has 0 atom stereocenters. The molecule has 0 aliphatic carbocycles. The standard InChI is InChI=1S/C16H8F7NO4/c17-11-4-9(14(26)27)13(5-10(11)15(18,19)20)24-12-2-1-8(3-7(12)6-25)28-16(21,22)23/h1-6,24H,(H,26,27). The van der Waals surface area contributed by atoms with Gasteiger partial charge in [0.25, 0.3) is 0 Å². The molecule has 0 bridgehead atoms. The lowest BCUT2D eigenvalue weighted by Gasteiger charge is -2.16. The van der Waals surface area contributed by atoms with Crippen LogP contribution in [0, 0.1) is 5.82 Å². The predicted octanol–water partition coefficient (Wildman–Crippen LogP) is 5.00. The number of anilines is 2. The van der Waals surface area contributed by atoms with E-state index in [0.717, 1.165) is 12.1 Å². The quantitative estimate of drug-likeness (QED) is 0.535. The van der Waals surface area contributed by atoms with Crippen molar-refractivity contribution in [2.75, 3.05) is 5.32 Å². The molecular formula is C16H8F7NO4. The second-order valence-corrected chi connectivity index (χ2v) is 5.22. The van der Waals surface area contributed by atoms with E-state index in [-0.39, 0.29) is 24.1 Å². The number of aldehydes is 1. The molecule has 0 aromatic heterocycles. The maximum absolute atomic E-state index is 13.6. The van der Waals surface area contributed by atoms with Gasteiger partial charge in [0.2, 0.25) is 0 Å². The van der Waals surface area contributed by atoms with Crippen molar-refractivity contribution in [3.8, 4) is 5.75 Å². The average Bonchev–Trinajstić information content (AvgIpc) is 2.54. The van der Waals surface area contributed by atoms with Crippen molar-refractivity contribution in [1.29, 1.82) is 0 Å². The Kier molecular flexibility index (Phi) is 5.52. The van der Waals surface area contributed by atoms with Crippen LogP contribution in [-0.4, -0.2) is 23.7 Å². The van der Waals surface area contributed by atoms with E-state index in [1.165, 1.54) is 0 Å². The minimum absolute atomic E-state index is 0.0696. The van der Waals surface area contributed by atoms with E-state index in [9.17, 15) is 40.3 Å². The minimum atomic E-state index is -5.14. The molecule has 2 N–H and O–H groups in total. The zero-order valence-electron chi connectivity index (χ0n) is 13.3. The Bertz CT molecular complexity index is 922. The van der Waals surface area contributed by atoms with Gasteiger partial charge < -0.3 is 15.2 Å². The number of aromatic carboxylic acids is 1. The monoisotopic (exact) mass is 411 g/mol. The third kappa shape index (κ3) is 4.90. The highest BCUT2D eigenvalue weighted by Gasteiger charge is 2.36. The largest absolute Gasteiger partial charge is 0.573 e. The third-order valence-corrected chi connectivity index (χ3v) is 3.30. The van der Waals surface area contributed by atoms with Gasteiger partial charge in [0, 0.05) is 11.3 Å². The fourth-order valence-electron chi connectivity index (χ4n) is 2.17. The van der Waals surface area contributed by atoms with Crippen LogP contribution in [-0.2, 0) is 6.18 Å². The van der Waals surface area contributed by atoms with Gasteiger partial charge in [0.05, 0.1) is 16.8 Å². The van der Waals surface area contributed by atoms with Crippen molar-refractivity contribution >= 4 is 23.6 Å². The number of benzene rings is 2. The lowest BCUT2D eigenvalue weighted by molar-refractivity contribution is -0.274. The van der Waals surface area contributed by atoms with Crippen LogP contribution in [0.2, 0.25) is 0 Å². The molecule has 0 unspecified atom stereocenters. The maximum Gasteiger partial charge on any atom is 0.573 e. The lowest BCUT2D eigenvalue weighted by Crippen LogP contribution is -2.17. The zero-order valence-corrected chi connectivity index (χ0v) is 13.3. The number of alkyl halides is 6. The second-order valence-electron chi connectivity index (χ2n) is 5.22. The fraction of sp³-hybridized carbons (Fsp3) is 0.125. The molecule has 0 amide bonds. The molecule has 2 rings (SSSR count). The minimum Gasteiger partial charge on any atom is -0.478 e. The number of carbonyl (C=O) groups is 2. The van der Waals surface area contributed by atoms with Gasteiger partial charge in [-0.05, 0) is 30.3 Å². The van der Waals surface area contributed by atoms with E-state index in [2.05, 4.69) is 10.1 Å². The SMILES string of the molecule is O=Cc1cc(OC(F)(F)F)ccc1Nc1cc(C(F)(F)F)c(F)cc1C(=O)O. The molecule has 0 saturated carbocycles. The summed E-state index contributed by atoms with van der Waals surface area (Å²) in [7, 11) is 0. The van der Waals surface area contributed by atoms with Gasteiger partial charge in [0.1, 0.15) is 11.6 Å². The molecule has 0 radical (unpaired) electrons. The summed E-state index contributed by atoms with van der Waals surface area (Å²) in [4.78, 5) is 22.3. The second kappa shape index (κ2) is 7.37. The van der Waals surface area contributed by atoms with Crippen LogP contribution < -0.4 is 10.1 Å². The highest BCUT2D eigenvalue weighted by Crippen LogP contribution is 2.36. The summed E-state index contributed by atoms with van der Waals surface area (Å²) >= 11 is 0. The molecule has 2 aromatic carbocycles. The molecule has 0 aliphatic rings. The maximum atomic E-state index is 13.6. The highest BCUT2D eigenvalue weighted by molar-refractivity contribution is 5.96. The van der Waals surface area contributed by atoms with E-state index in [1.807, 2.05) is 0 Å².